The Labute approximate surface area is 106 Å². The molecule has 0 aromatic rings. The summed E-state index contributed by atoms with van der Waals surface area (Å²) >= 11 is 0. The smallest absolute Gasteiger partial charge is 0.0484 e. The second kappa shape index (κ2) is 5.68. The number of nitrogens with zero attached hydrogens (tertiary/aromatic N) is 1. The van der Waals surface area contributed by atoms with Crippen molar-refractivity contribution in [2.45, 2.75) is 57.0 Å². The highest BCUT2D eigenvalue weighted by atomic mass is 16.5. The van der Waals surface area contributed by atoms with Gasteiger partial charge in [-0.15, -0.1) is 0 Å². The number of likely N-dealkylation sites (N-methyl/N-ethyl adjacent to an activating group) is 1. The van der Waals surface area contributed by atoms with Gasteiger partial charge in [-0.1, -0.05) is 19.8 Å². The van der Waals surface area contributed by atoms with Crippen molar-refractivity contribution in [3.05, 3.63) is 0 Å². The van der Waals surface area contributed by atoms with Crippen LogP contribution >= 0.6 is 0 Å². The van der Waals surface area contributed by atoms with E-state index >= 15 is 0 Å². The monoisotopic (exact) mass is 240 g/mol. The maximum atomic E-state index is 6.49. The molecule has 1 aliphatic carbocycles. The standard InChI is InChI=1S/C14H28N2O/c1-12-5-3-4-6-13(12)16(2)11-14(15)7-9-17-10-8-14/h12-13H,3-11,15H2,1-2H3. The van der Waals surface area contributed by atoms with Gasteiger partial charge in [-0.2, -0.15) is 0 Å². The van der Waals surface area contributed by atoms with Gasteiger partial charge in [-0.3, -0.25) is 0 Å². The Bertz CT molecular complexity index is 238. The quantitative estimate of drug-likeness (QED) is 0.820. The van der Waals surface area contributed by atoms with Gasteiger partial charge >= 0.3 is 0 Å². The molecule has 0 bridgehead atoms. The normalized spacial score (nSPS) is 33.9. The molecule has 2 unspecified atom stereocenters. The summed E-state index contributed by atoms with van der Waals surface area (Å²) in [6.07, 6.45) is 7.56. The maximum Gasteiger partial charge on any atom is 0.0484 e. The lowest BCUT2D eigenvalue weighted by Gasteiger charge is -2.42. The fraction of sp³-hybridized carbons (Fsp3) is 1.00. The molecule has 1 saturated heterocycles. The molecule has 100 valence electrons. The van der Waals surface area contributed by atoms with Crippen molar-refractivity contribution in [3.63, 3.8) is 0 Å². The molecule has 0 spiro atoms. The summed E-state index contributed by atoms with van der Waals surface area (Å²) in [5.41, 5.74) is 6.48. The molecule has 0 aromatic heterocycles. The number of hydrogen-bond donors (Lipinski definition) is 1. The average molecular weight is 240 g/mol. The van der Waals surface area contributed by atoms with Crippen molar-refractivity contribution in [2.75, 3.05) is 26.8 Å². The van der Waals surface area contributed by atoms with E-state index in [1.54, 1.807) is 0 Å². The van der Waals surface area contributed by atoms with Crippen LogP contribution in [0.15, 0.2) is 0 Å². The third-order valence-corrected chi connectivity index (χ3v) is 4.69. The fourth-order valence-electron chi connectivity index (χ4n) is 3.50. The van der Waals surface area contributed by atoms with E-state index in [4.69, 9.17) is 10.5 Å². The number of hydrogen-bond acceptors (Lipinski definition) is 3. The molecule has 2 fully saturated rings. The predicted octanol–water partition coefficient (Wildman–Crippen LogP) is 2.00. The summed E-state index contributed by atoms with van der Waals surface area (Å²) in [7, 11) is 2.26. The van der Waals surface area contributed by atoms with Gasteiger partial charge in [0.2, 0.25) is 0 Å². The van der Waals surface area contributed by atoms with Crippen molar-refractivity contribution in [2.24, 2.45) is 11.7 Å². The molecule has 2 rings (SSSR count). The minimum atomic E-state index is -0.00975. The Kier molecular flexibility index (Phi) is 4.45. The first-order valence-corrected chi connectivity index (χ1v) is 7.18. The minimum absolute atomic E-state index is 0.00975. The highest BCUT2D eigenvalue weighted by Gasteiger charge is 2.33. The predicted molar refractivity (Wildman–Crippen MR) is 71.0 cm³/mol. The Morgan fingerprint density at radius 3 is 2.53 bits per heavy atom. The summed E-state index contributed by atoms with van der Waals surface area (Å²) < 4.78 is 5.41. The van der Waals surface area contributed by atoms with E-state index in [0.29, 0.717) is 0 Å². The van der Waals surface area contributed by atoms with Gasteiger partial charge in [0.1, 0.15) is 0 Å². The molecule has 3 nitrogen and oxygen atoms in total. The summed E-state index contributed by atoms with van der Waals surface area (Å²) in [6, 6.07) is 0.743. The topological polar surface area (TPSA) is 38.5 Å². The lowest BCUT2D eigenvalue weighted by molar-refractivity contribution is 0.0266. The second-order valence-corrected chi connectivity index (χ2v) is 6.22. The van der Waals surface area contributed by atoms with E-state index in [9.17, 15) is 0 Å². The van der Waals surface area contributed by atoms with Gasteiger partial charge in [0.05, 0.1) is 0 Å². The van der Waals surface area contributed by atoms with E-state index in [-0.39, 0.29) is 5.54 Å². The van der Waals surface area contributed by atoms with E-state index in [2.05, 4.69) is 18.9 Å². The van der Waals surface area contributed by atoms with Crippen LogP contribution in [0.1, 0.15) is 45.4 Å². The highest BCUT2D eigenvalue weighted by molar-refractivity contribution is 4.91. The van der Waals surface area contributed by atoms with E-state index in [1.165, 1.54) is 25.7 Å². The molecule has 2 aliphatic rings. The number of nitrogens with two attached hydrogens (primary N) is 1. The third-order valence-electron chi connectivity index (χ3n) is 4.69. The first kappa shape index (κ1) is 13.3. The zero-order chi connectivity index (χ0) is 12.3. The summed E-state index contributed by atoms with van der Waals surface area (Å²) in [5, 5.41) is 0. The molecule has 1 aliphatic heterocycles. The third kappa shape index (κ3) is 3.43. The van der Waals surface area contributed by atoms with Crippen LogP contribution in [-0.4, -0.2) is 43.3 Å². The fourth-order valence-corrected chi connectivity index (χ4v) is 3.50. The van der Waals surface area contributed by atoms with Crippen molar-refractivity contribution in [1.29, 1.82) is 0 Å². The van der Waals surface area contributed by atoms with Gasteiger partial charge in [-0.25, -0.2) is 0 Å². The molecule has 3 heteroatoms. The van der Waals surface area contributed by atoms with Crippen LogP contribution < -0.4 is 5.73 Å². The van der Waals surface area contributed by atoms with Gasteiger partial charge in [0.25, 0.3) is 0 Å². The van der Waals surface area contributed by atoms with Gasteiger partial charge in [0.15, 0.2) is 0 Å². The maximum absolute atomic E-state index is 6.49. The van der Waals surface area contributed by atoms with E-state index < -0.39 is 0 Å². The second-order valence-electron chi connectivity index (χ2n) is 6.22. The van der Waals surface area contributed by atoms with Crippen LogP contribution in [0.3, 0.4) is 0 Å². The van der Waals surface area contributed by atoms with Crippen LogP contribution in [-0.2, 0) is 4.74 Å². The van der Waals surface area contributed by atoms with Crippen molar-refractivity contribution < 1.29 is 4.74 Å². The molecule has 0 aromatic carbocycles. The summed E-state index contributed by atoms with van der Waals surface area (Å²) in [4.78, 5) is 2.52. The van der Waals surface area contributed by atoms with Gasteiger partial charge < -0.3 is 15.4 Å². The molecular weight excluding hydrogens is 212 g/mol. The molecule has 2 atom stereocenters. The molecule has 17 heavy (non-hydrogen) atoms. The molecule has 0 amide bonds. The van der Waals surface area contributed by atoms with Crippen molar-refractivity contribution in [3.8, 4) is 0 Å². The molecule has 2 N–H and O–H groups in total. The zero-order valence-corrected chi connectivity index (χ0v) is 11.5. The number of rotatable bonds is 3. The van der Waals surface area contributed by atoms with Crippen LogP contribution in [0, 0.1) is 5.92 Å². The highest BCUT2D eigenvalue weighted by Crippen LogP contribution is 2.29. The average Bonchev–Trinajstić information content (AvgIpc) is 2.29. The SMILES string of the molecule is CC1CCCCC1N(C)CC1(N)CCOCC1. The Morgan fingerprint density at radius 1 is 1.24 bits per heavy atom. The minimum Gasteiger partial charge on any atom is -0.381 e. The zero-order valence-electron chi connectivity index (χ0n) is 11.5. The number of ether oxygens (including phenoxy) is 1. The van der Waals surface area contributed by atoms with Crippen molar-refractivity contribution in [1.82, 2.24) is 4.90 Å². The summed E-state index contributed by atoms with van der Waals surface area (Å²) in [5.74, 6) is 0.831. The van der Waals surface area contributed by atoms with E-state index in [1.807, 2.05) is 0 Å². The largest absolute Gasteiger partial charge is 0.381 e. The Hall–Kier alpha value is -0.120. The molecule has 1 heterocycles. The molecular formula is C14H28N2O. The first-order valence-electron chi connectivity index (χ1n) is 7.18. The van der Waals surface area contributed by atoms with Crippen LogP contribution in [0.2, 0.25) is 0 Å². The molecule has 0 radical (unpaired) electrons. The lowest BCUT2D eigenvalue weighted by atomic mass is 9.83. The molecule has 1 saturated carbocycles. The Morgan fingerprint density at radius 2 is 1.88 bits per heavy atom. The van der Waals surface area contributed by atoms with Crippen molar-refractivity contribution >= 4 is 0 Å². The van der Waals surface area contributed by atoms with Crippen LogP contribution in [0.25, 0.3) is 0 Å². The van der Waals surface area contributed by atoms with Crippen LogP contribution in [0.4, 0.5) is 0 Å². The van der Waals surface area contributed by atoms with E-state index in [0.717, 1.165) is 44.6 Å². The van der Waals surface area contributed by atoms with Gasteiger partial charge in [0, 0.05) is 31.3 Å². The van der Waals surface area contributed by atoms with Gasteiger partial charge in [-0.05, 0) is 38.6 Å². The summed E-state index contributed by atoms with van der Waals surface area (Å²) in [6.45, 7) is 5.11. The Balaban J connectivity index is 1.88. The van der Waals surface area contributed by atoms with Crippen LogP contribution in [0.5, 0.6) is 0 Å². The first-order chi connectivity index (χ1) is 8.11. The lowest BCUT2D eigenvalue weighted by Crippen LogP contribution is -2.55.